The first kappa shape index (κ1) is 21.6. The Balaban J connectivity index is 1.47. The Bertz CT molecular complexity index is 1120. The fourth-order valence-electron chi connectivity index (χ4n) is 3.71. The number of hydrogen-bond acceptors (Lipinski definition) is 7. The summed E-state index contributed by atoms with van der Waals surface area (Å²) in [6, 6.07) is 6.21. The van der Waals surface area contributed by atoms with Crippen molar-refractivity contribution < 1.29 is 9.53 Å². The van der Waals surface area contributed by atoms with Crippen molar-refractivity contribution in [1.82, 2.24) is 19.3 Å². The van der Waals surface area contributed by atoms with Crippen LogP contribution in [0.3, 0.4) is 0 Å². The molecule has 1 unspecified atom stereocenters. The molecule has 10 heteroatoms. The van der Waals surface area contributed by atoms with Gasteiger partial charge < -0.3 is 19.2 Å². The van der Waals surface area contributed by atoms with Crippen molar-refractivity contribution in [3.63, 3.8) is 0 Å². The molecule has 1 fully saturated rings. The minimum Gasteiger partial charge on any atom is -0.376 e. The van der Waals surface area contributed by atoms with E-state index in [1.807, 2.05) is 47.5 Å². The topological polar surface area (TPSA) is 97.8 Å². The Hall–Kier alpha value is -2.61. The molecule has 1 N–H and O–H groups in total. The highest BCUT2D eigenvalue weighted by Gasteiger charge is 2.24. The zero-order valence-electron chi connectivity index (χ0n) is 17.7. The van der Waals surface area contributed by atoms with Crippen molar-refractivity contribution in [1.29, 1.82) is 5.26 Å². The lowest BCUT2D eigenvalue weighted by atomic mass is 10.2. The highest BCUT2D eigenvalue weighted by Crippen LogP contribution is 2.29. The standard InChI is InChI=1S/C21H24N6O2S2/c1-13-14(2)27(11-15-6-4-8-29-15)19(16(13)10-22)23-18(28)12-31-21-25-24-20(26(21)3)17-7-5-9-30-17/h5,7,9,15H,4,6,8,11-12H2,1-3H3,(H,23,28). The summed E-state index contributed by atoms with van der Waals surface area (Å²) < 4.78 is 9.66. The van der Waals surface area contributed by atoms with Crippen LogP contribution in [0, 0.1) is 25.2 Å². The van der Waals surface area contributed by atoms with Crippen molar-refractivity contribution >= 4 is 34.8 Å². The summed E-state index contributed by atoms with van der Waals surface area (Å²) in [7, 11) is 1.89. The van der Waals surface area contributed by atoms with E-state index in [0.717, 1.165) is 41.4 Å². The number of nitrogens with zero attached hydrogens (tertiary/aromatic N) is 5. The number of hydrogen-bond donors (Lipinski definition) is 1. The van der Waals surface area contributed by atoms with Gasteiger partial charge >= 0.3 is 0 Å². The van der Waals surface area contributed by atoms with Gasteiger partial charge in [0.1, 0.15) is 11.9 Å². The summed E-state index contributed by atoms with van der Waals surface area (Å²) in [5.41, 5.74) is 2.37. The molecule has 1 atom stereocenters. The molecule has 0 bridgehead atoms. The van der Waals surface area contributed by atoms with Crippen LogP contribution in [0.25, 0.3) is 10.7 Å². The lowest BCUT2D eigenvalue weighted by Gasteiger charge is -2.16. The quantitative estimate of drug-likeness (QED) is 0.544. The van der Waals surface area contributed by atoms with Crippen molar-refractivity contribution in [3.8, 4) is 16.8 Å². The van der Waals surface area contributed by atoms with Gasteiger partial charge in [0.15, 0.2) is 11.0 Å². The van der Waals surface area contributed by atoms with Crippen LogP contribution in [0.15, 0.2) is 22.7 Å². The molecule has 31 heavy (non-hydrogen) atoms. The van der Waals surface area contributed by atoms with E-state index in [9.17, 15) is 10.1 Å². The molecule has 3 aromatic rings. The lowest BCUT2D eigenvalue weighted by Crippen LogP contribution is -2.22. The van der Waals surface area contributed by atoms with E-state index >= 15 is 0 Å². The SMILES string of the molecule is Cc1c(C#N)c(NC(=O)CSc2nnc(-c3cccs3)n2C)n(CC2CCCO2)c1C. The largest absolute Gasteiger partial charge is 0.376 e. The molecule has 1 aliphatic rings. The van der Waals surface area contributed by atoms with Crippen LogP contribution >= 0.6 is 23.1 Å². The van der Waals surface area contributed by atoms with Gasteiger partial charge in [0.2, 0.25) is 5.91 Å². The average molecular weight is 457 g/mol. The Kier molecular flexibility index (Phi) is 6.46. The average Bonchev–Trinajstić information content (AvgIpc) is 3.54. The van der Waals surface area contributed by atoms with Crippen molar-refractivity contribution in [2.75, 3.05) is 17.7 Å². The molecule has 1 aliphatic heterocycles. The summed E-state index contributed by atoms with van der Waals surface area (Å²) >= 11 is 2.92. The Labute approximate surface area is 189 Å². The fraction of sp³-hybridized carbons (Fsp3) is 0.429. The first-order chi connectivity index (χ1) is 15.0. The monoisotopic (exact) mass is 456 g/mol. The third-order valence-corrected chi connectivity index (χ3v) is 7.40. The summed E-state index contributed by atoms with van der Waals surface area (Å²) in [4.78, 5) is 13.8. The molecule has 0 spiro atoms. The van der Waals surface area contributed by atoms with Crippen LogP contribution in [0.5, 0.6) is 0 Å². The second-order valence-corrected chi connectivity index (χ2v) is 9.36. The smallest absolute Gasteiger partial charge is 0.235 e. The molecule has 8 nitrogen and oxygen atoms in total. The van der Waals surface area contributed by atoms with Gasteiger partial charge in [-0.15, -0.1) is 21.5 Å². The molecule has 1 saturated heterocycles. The van der Waals surface area contributed by atoms with Crippen LogP contribution in [-0.2, 0) is 23.1 Å². The summed E-state index contributed by atoms with van der Waals surface area (Å²) in [6.07, 6.45) is 2.13. The summed E-state index contributed by atoms with van der Waals surface area (Å²) in [5, 5.41) is 23.8. The minimum atomic E-state index is -0.187. The van der Waals surface area contributed by atoms with Gasteiger partial charge in [-0.3, -0.25) is 4.79 Å². The number of thiophene rings is 1. The number of nitriles is 1. The Morgan fingerprint density at radius 1 is 1.45 bits per heavy atom. The van der Waals surface area contributed by atoms with Crippen molar-refractivity contribution in [2.45, 2.75) is 44.5 Å². The molecule has 1 amide bonds. The summed E-state index contributed by atoms with van der Waals surface area (Å²) in [5.74, 6) is 1.32. The number of nitrogens with one attached hydrogen (secondary N) is 1. The molecule has 0 aromatic carbocycles. The number of anilines is 1. The molecule has 4 heterocycles. The van der Waals surface area contributed by atoms with Gasteiger partial charge in [-0.25, -0.2) is 0 Å². The number of ether oxygens (including phenoxy) is 1. The number of carbonyl (C=O) groups is 1. The normalized spacial score (nSPS) is 15.9. The van der Waals surface area contributed by atoms with Crippen LogP contribution in [0.2, 0.25) is 0 Å². The van der Waals surface area contributed by atoms with Crippen molar-refractivity contribution in [2.24, 2.45) is 7.05 Å². The number of amides is 1. The zero-order chi connectivity index (χ0) is 22.0. The van der Waals surface area contributed by atoms with Gasteiger partial charge in [-0.2, -0.15) is 5.26 Å². The Morgan fingerprint density at radius 3 is 2.97 bits per heavy atom. The Morgan fingerprint density at radius 2 is 2.29 bits per heavy atom. The van der Waals surface area contributed by atoms with E-state index in [2.05, 4.69) is 21.6 Å². The van der Waals surface area contributed by atoms with E-state index in [1.165, 1.54) is 11.8 Å². The molecular weight excluding hydrogens is 432 g/mol. The third kappa shape index (κ3) is 4.39. The first-order valence-electron chi connectivity index (χ1n) is 10.1. The second kappa shape index (κ2) is 9.26. The molecular formula is C21H24N6O2S2. The van der Waals surface area contributed by atoms with Gasteiger partial charge in [-0.05, 0) is 43.7 Å². The third-order valence-electron chi connectivity index (χ3n) is 5.52. The molecule has 4 rings (SSSR count). The van der Waals surface area contributed by atoms with Crippen LogP contribution < -0.4 is 5.32 Å². The van der Waals surface area contributed by atoms with Crippen LogP contribution in [-0.4, -0.2) is 43.7 Å². The maximum absolute atomic E-state index is 12.8. The number of carbonyl (C=O) groups excluding carboxylic acids is 1. The van der Waals surface area contributed by atoms with Crippen LogP contribution in [0.4, 0.5) is 5.82 Å². The van der Waals surface area contributed by atoms with Gasteiger partial charge in [0.05, 0.1) is 28.8 Å². The van der Waals surface area contributed by atoms with Gasteiger partial charge in [0.25, 0.3) is 0 Å². The fourth-order valence-corrected chi connectivity index (χ4v) is 5.16. The van der Waals surface area contributed by atoms with E-state index < -0.39 is 0 Å². The number of thioether (sulfide) groups is 1. The minimum absolute atomic E-state index is 0.108. The highest BCUT2D eigenvalue weighted by molar-refractivity contribution is 7.99. The van der Waals surface area contributed by atoms with Crippen LogP contribution in [0.1, 0.15) is 29.7 Å². The summed E-state index contributed by atoms with van der Waals surface area (Å²) in [6.45, 7) is 5.28. The lowest BCUT2D eigenvalue weighted by molar-refractivity contribution is -0.113. The van der Waals surface area contributed by atoms with E-state index in [1.54, 1.807) is 11.3 Å². The molecule has 162 valence electrons. The van der Waals surface area contributed by atoms with E-state index in [0.29, 0.717) is 23.1 Å². The number of rotatable bonds is 7. The maximum Gasteiger partial charge on any atom is 0.235 e. The first-order valence-corrected chi connectivity index (χ1v) is 11.9. The van der Waals surface area contributed by atoms with Gasteiger partial charge in [-0.1, -0.05) is 17.8 Å². The number of aromatic nitrogens is 4. The second-order valence-electron chi connectivity index (χ2n) is 7.47. The predicted octanol–water partition coefficient (Wildman–Crippen LogP) is 3.74. The van der Waals surface area contributed by atoms with E-state index in [-0.39, 0.29) is 17.8 Å². The van der Waals surface area contributed by atoms with E-state index in [4.69, 9.17) is 4.74 Å². The maximum atomic E-state index is 12.8. The van der Waals surface area contributed by atoms with Crippen molar-refractivity contribution in [3.05, 3.63) is 34.3 Å². The molecule has 0 radical (unpaired) electrons. The molecule has 0 aliphatic carbocycles. The highest BCUT2D eigenvalue weighted by atomic mass is 32.2. The van der Waals surface area contributed by atoms with Gasteiger partial charge in [0, 0.05) is 19.3 Å². The molecule has 0 saturated carbocycles. The molecule has 3 aromatic heterocycles. The zero-order valence-corrected chi connectivity index (χ0v) is 19.3. The predicted molar refractivity (Wildman–Crippen MR) is 121 cm³/mol.